The van der Waals surface area contributed by atoms with Crippen LogP contribution in [0.2, 0.25) is 0 Å². The van der Waals surface area contributed by atoms with Crippen LogP contribution in [0.5, 0.6) is 0 Å². The van der Waals surface area contributed by atoms with Gasteiger partial charge in [0.1, 0.15) is 11.1 Å². The minimum atomic E-state index is -1.28. The Labute approximate surface area is 208 Å². The van der Waals surface area contributed by atoms with Crippen LogP contribution < -0.4 is 0 Å². The Morgan fingerprint density at radius 2 is 1.56 bits per heavy atom. The highest BCUT2D eigenvalue weighted by molar-refractivity contribution is 9.09. The van der Waals surface area contributed by atoms with Gasteiger partial charge in [-0.15, -0.1) is 0 Å². The first-order valence-electron chi connectivity index (χ1n) is 11.4. The lowest BCUT2D eigenvalue weighted by Crippen LogP contribution is -2.35. The fraction of sp³-hybridized carbons (Fsp3) is 0.370. The topological polar surface area (TPSA) is 74.2 Å². The molecule has 1 heterocycles. The molecule has 7 heteroatoms. The van der Waals surface area contributed by atoms with Gasteiger partial charge < -0.3 is 14.2 Å². The number of benzene rings is 2. The molecule has 2 aromatic carbocycles. The summed E-state index contributed by atoms with van der Waals surface area (Å²) in [6, 6.07) is 17.8. The number of methoxy groups -OCH3 is 2. The van der Waals surface area contributed by atoms with E-state index in [-0.39, 0.29) is 28.4 Å². The van der Waals surface area contributed by atoms with Crippen molar-refractivity contribution in [1.82, 2.24) is 0 Å². The lowest BCUT2D eigenvalue weighted by atomic mass is 9.85. The van der Waals surface area contributed by atoms with Gasteiger partial charge in [-0.3, -0.25) is 0 Å². The Morgan fingerprint density at radius 1 is 0.941 bits per heavy atom. The summed E-state index contributed by atoms with van der Waals surface area (Å²) in [5.74, 6) is -1.18. The van der Waals surface area contributed by atoms with Crippen LogP contribution in [0.25, 0.3) is 11.1 Å². The van der Waals surface area contributed by atoms with Crippen LogP contribution in [0.15, 0.2) is 70.7 Å². The lowest BCUT2D eigenvalue weighted by Gasteiger charge is -2.29. The number of ether oxygens (including phenoxy) is 3. The van der Waals surface area contributed by atoms with E-state index in [1.54, 1.807) is 0 Å². The zero-order valence-electron chi connectivity index (χ0n) is 19.4. The van der Waals surface area contributed by atoms with Gasteiger partial charge in [-0.1, -0.05) is 89.8 Å². The molecule has 4 rings (SSSR count). The third kappa shape index (κ3) is 4.53. The number of esters is 2. The largest absolute Gasteiger partial charge is 0.466 e. The number of aliphatic imine (C=N–C) groups is 1. The van der Waals surface area contributed by atoms with Gasteiger partial charge in [0, 0.05) is 5.56 Å². The van der Waals surface area contributed by atoms with Gasteiger partial charge in [0.15, 0.2) is 5.60 Å². The molecule has 0 spiro atoms. The van der Waals surface area contributed by atoms with Crippen molar-refractivity contribution in [3.05, 3.63) is 71.3 Å². The Bertz CT molecular complexity index is 1100. The second kappa shape index (κ2) is 10.6. The second-order valence-corrected chi connectivity index (χ2v) is 9.03. The van der Waals surface area contributed by atoms with Gasteiger partial charge in [-0.25, -0.2) is 14.6 Å². The van der Waals surface area contributed by atoms with Crippen LogP contribution in [-0.2, 0) is 29.4 Å². The van der Waals surface area contributed by atoms with Crippen LogP contribution in [0.3, 0.4) is 0 Å². The number of nitrogens with zero attached hydrogens (tertiary/aromatic N) is 1. The first-order chi connectivity index (χ1) is 16.5. The Morgan fingerprint density at radius 3 is 2.15 bits per heavy atom. The number of carbonyl (C=O) groups excluding carboxylic acids is 2. The van der Waals surface area contributed by atoms with Crippen molar-refractivity contribution < 1.29 is 23.8 Å². The molecule has 0 radical (unpaired) electrons. The molecule has 2 aliphatic rings. The lowest BCUT2D eigenvalue weighted by molar-refractivity contribution is -0.139. The summed E-state index contributed by atoms with van der Waals surface area (Å²) in [4.78, 5) is 30.8. The highest BCUT2D eigenvalue weighted by Gasteiger charge is 2.53. The van der Waals surface area contributed by atoms with E-state index >= 15 is 0 Å². The van der Waals surface area contributed by atoms with E-state index in [1.165, 1.54) is 20.6 Å². The van der Waals surface area contributed by atoms with E-state index in [4.69, 9.17) is 19.2 Å². The van der Waals surface area contributed by atoms with Crippen molar-refractivity contribution in [1.29, 1.82) is 0 Å². The summed E-state index contributed by atoms with van der Waals surface area (Å²) >= 11 is 3.55. The molecule has 1 aliphatic carbocycles. The molecule has 1 fully saturated rings. The molecule has 34 heavy (non-hydrogen) atoms. The van der Waals surface area contributed by atoms with Crippen LogP contribution in [0, 0.1) is 0 Å². The third-order valence-electron chi connectivity index (χ3n) is 6.44. The molecular formula is C27H28BrNO5. The molecule has 1 atom stereocenters. The highest BCUT2D eigenvalue weighted by Crippen LogP contribution is 2.45. The fourth-order valence-electron chi connectivity index (χ4n) is 4.64. The number of rotatable bonds is 6. The SMILES string of the molecule is COC(=O)C1=C(C(=O)OC)C(CBr)(c2ccc(-c3ccccc3)cc2)OC1=NC1CCCCC1. The van der Waals surface area contributed by atoms with Crippen molar-refractivity contribution in [3.8, 4) is 11.1 Å². The van der Waals surface area contributed by atoms with Gasteiger partial charge in [-0.05, 0) is 24.0 Å². The fourth-order valence-corrected chi connectivity index (χ4v) is 5.36. The van der Waals surface area contributed by atoms with Gasteiger partial charge in [0.2, 0.25) is 5.90 Å². The summed E-state index contributed by atoms with van der Waals surface area (Å²) < 4.78 is 16.6. The van der Waals surface area contributed by atoms with E-state index in [9.17, 15) is 9.59 Å². The number of halogens is 1. The number of carbonyl (C=O) groups is 2. The Hall–Kier alpha value is -2.93. The summed E-state index contributed by atoms with van der Waals surface area (Å²) in [6.45, 7) is 0. The summed E-state index contributed by atoms with van der Waals surface area (Å²) in [5, 5.41) is 0.222. The first-order valence-corrected chi connectivity index (χ1v) is 12.6. The van der Waals surface area contributed by atoms with Gasteiger partial charge in [0.05, 0.1) is 25.6 Å². The van der Waals surface area contributed by atoms with Gasteiger partial charge >= 0.3 is 11.9 Å². The summed E-state index contributed by atoms with van der Waals surface area (Å²) in [5.41, 5.74) is 1.67. The van der Waals surface area contributed by atoms with Crippen molar-refractivity contribution in [2.24, 2.45) is 4.99 Å². The van der Waals surface area contributed by atoms with E-state index < -0.39 is 17.5 Å². The van der Waals surface area contributed by atoms with Crippen molar-refractivity contribution in [3.63, 3.8) is 0 Å². The van der Waals surface area contributed by atoms with E-state index in [1.807, 2.05) is 54.6 Å². The zero-order chi connectivity index (χ0) is 24.1. The van der Waals surface area contributed by atoms with Gasteiger partial charge in [0.25, 0.3) is 0 Å². The zero-order valence-corrected chi connectivity index (χ0v) is 21.0. The van der Waals surface area contributed by atoms with Crippen molar-refractivity contribution in [2.75, 3.05) is 19.5 Å². The Balaban J connectivity index is 1.84. The molecule has 0 amide bonds. The molecule has 0 N–H and O–H groups in total. The molecule has 0 bridgehead atoms. The standard InChI is InChI=1S/C27H28BrNO5/c1-32-25(30)22-23(26(31)33-2)27(17-28,34-24(22)29-21-11-7-4-8-12-21)20-15-13-19(14-16-20)18-9-5-3-6-10-18/h3,5-6,9-10,13-16,21H,4,7-8,11-12,17H2,1-2H3. The number of hydrogen-bond donors (Lipinski definition) is 0. The van der Waals surface area contributed by atoms with E-state index in [0.29, 0.717) is 5.56 Å². The third-order valence-corrected chi connectivity index (χ3v) is 7.23. The van der Waals surface area contributed by atoms with Crippen LogP contribution >= 0.6 is 15.9 Å². The number of hydrogen-bond acceptors (Lipinski definition) is 6. The molecule has 1 unspecified atom stereocenters. The van der Waals surface area contributed by atoms with Crippen LogP contribution in [-0.4, -0.2) is 43.4 Å². The summed E-state index contributed by atoms with van der Waals surface area (Å²) in [6.07, 6.45) is 5.17. The predicted molar refractivity (Wildman–Crippen MR) is 134 cm³/mol. The molecule has 0 aromatic heterocycles. The molecule has 178 valence electrons. The predicted octanol–water partition coefficient (Wildman–Crippen LogP) is 5.35. The average molecular weight is 526 g/mol. The number of alkyl halides is 1. The van der Waals surface area contributed by atoms with E-state index in [2.05, 4.69) is 15.9 Å². The minimum absolute atomic E-state index is 0.0338. The van der Waals surface area contributed by atoms with Gasteiger partial charge in [-0.2, -0.15) is 0 Å². The van der Waals surface area contributed by atoms with Crippen LogP contribution in [0.1, 0.15) is 37.7 Å². The smallest absolute Gasteiger partial charge is 0.344 e. The molecular weight excluding hydrogens is 498 g/mol. The maximum atomic E-state index is 13.1. The minimum Gasteiger partial charge on any atom is -0.466 e. The molecule has 1 saturated carbocycles. The molecule has 0 saturated heterocycles. The quantitative estimate of drug-likeness (QED) is 0.375. The Kier molecular flexibility index (Phi) is 7.51. The molecule has 1 aliphatic heterocycles. The molecule has 6 nitrogen and oxygen atoms in total. The van der Waals surface area contributed by atoms with Crippen molar-refractivity contribution >= 4 is 33.8 Å². The first kappa shape index (κ1) is 24.2. The second-order valence-electron chi connectivity index (χ2n) is 8.47. The highest BCUT2D eigenvalue weighted by atomic mass is 79.9. The van der Waals surface area contributed by atoms with Crippen molar-refractivity contribution in [2.45, 2.75) is 43.7 Å². The molecule has 2 aromatic rings. The van der Waals surface area contributed by atoms with E-state index in [0.717, 1.165) is 36.8 Å². The maximum absolute atomic E-state index is 13.1. The monoisotopic (exact) mass is 525 g/mol. The summed E-state index contributed by atoms with van der Waals surface area (Å²) in [7, 11) is 2.57. The van der Waals surface area contributed by atoms with Crippen LogP contribution in [0.4, 0.5) is 0 Å². The normalized spacial score (nSPS) is 21.9. The maximum Gasteiger partial charge on any atom is 0.344 e. The average Bonchev–Trinajstić information content (AvgIpc) is 3.24.